The van der Waals surface area contributed by atoms with Gasteiger partial charge in [0.1, 0.15) is 17.3 Å². The minimum Gasteiger partial charge on any atom is -0.461 e. The molecule has 0 saturated carbocycles. The molecule has 2 aromatic carbocycles. The maximum absolute atomic E-state index is 13.5. The van der Waals surface area contributed by atoms with Crippen LogP contribution >= 0.6 is 0 Å². The van der Waals surface area contributed by atoms with Crippen LogP contribution in [-0.2, 0) is 0 Å². The molecule has 0 saturated heterocycles. The second kappa shape index (κ2) is 4.04. The van der Waals surface area contributed by atoms with Crippen LogP contribution in [0.25, 0.3) is 0 Å². The second-order valence-electron chi connectivity index (χ2n) is 5.61. The summed E-state index contributed by atoms with van der Waals surface area (Å²) in [5.41, 5.74) is 4.04. The van der Waals surface area contributed by atoms with Gasteiger partial charge in [-0.1, -0.05) is 23.8 Å². The Morgan fingerprint density at radius 2 is 1.86 bits per heavy atom. The number of ether oxygens (including phenoxy) is 1. The van der Waals surface area contributed by atoms with Gasteiger partial charge in [-0.3, -0.25) is 4.79 Å². The molecule has 4 rings (SSSR count). The molecule has 0 aromatic heterocycles. The number of fused-ring (bicyclic) bond motifs is 5. The van der Waals surface area contributed by atoms with E-state index in [-0.39, 0.29) is 17.5 Å². The molecule has 1 unspecified atom stereocenters. The van der Waals surface area contributed by atoms with Gasteiger partial charge in [0.2, 0.25) is 0 Å². The van der Waals surface area contributed by atoms with Crippen LogP contribution in [-0.4, -0.2) is 5.78 Å². The number of Topliss-reactive ketones (excluding diaryl/α,β-unsaturated/α-hetero) is 1. The van der Waals surface area contributed by atoms with Gasteiger partial charge in [-0.25, -0.2) is 4.39 Å². The van der Waals surface area contributed by atoms with Crippen molar-refractivity contribution in [1.29, 1.82) is 0 Å². The van der Waals surface area contributed by atoms with E-state index in [1.807, 2.05) is 25.1 Å². The smallest absolute Gasteiger partial charge is 0.193 e. The van der Waals surface area contributed by atoms with E-state index in [9.17, 15) is 9.18 Å². The lowest BCUT2D eigenvalue weighted by Gasteiger charge is -2.25. The van der Waals surface area contributed by atoms with Crippen LogP contribution < -0.4 is 4.74 Å². The first-order valence-corrected chi connectivity index (χ1v) is 6.89. The number of carbonyl (C=O) groups excluding carboxylic acids is 1. The highest BCUT2D eigenvalue weighted by Crippen LogP contribution is 2.49. The molecule has 1 heterocycles. The van der Waals surface area contributed by atoms with Crippen molar-refractivity contribution in [2.75, 3.05) is 0 Å². The van der Waals surface area contributed by atoms with Crippen molar-refractivity contribution >= 4 is 5.78 Å². The molecule has 1 aliphatic heterocycles. The standard InChI is InChI=1S/C18H13FO2/c1-9-3-6-15-14(7-9)17-12-5-4-11(19)8-13(12)18(20)16(17)10(2)21-15/h3-8,17H,1-2H3. The fourth-order valence-corrected chi connectivity index (χ4v) is 3.30. The predicted octanol–water partition coefficient (Wildman–Crippen LogP) is 4.13. The van der Waals surface area contributed by atoms with Crippen molar-refractivity contribution in [3.63, 3.8) is 0 Å². The number of rotatable bonds is 0. The lowest BCUT2D eigenvalue weighted by atomic mass is 9.86. The van der Waals surface area contributed by atoms with Gasteiger partial charge < -0.3 is 4.74 Å². The molecule has 2 nitrogen and oxygen atoms in total. The van der Waals surface area contributed by atoms with Crippen LogP contribution in [0.4, 0.5) is 4.39 Å². The summed E-state index contributed by atoms with van der Waals surface area (Å²) in [5, 5.41) is 0. The van der Waals surface area contributed by atoms with Crippen LogP contribution in [0.3, 0.4) is 0 Å². The van der Waals surface area contributed by atoms with Crippen LogP contribution in [0, 0.1) is 12.7 Å². The fourth-order valence-electron chi connectivity index (χ4n) is 3.30. The molecule has 2 aliphatic rings. The Hall–Kier alpha value is -2.42. The van der Waals surface area contributed by atoms with E-state index in [4.69, 9.17) is 4.74 Å². The zero-order chi connectivity index (χ0) is 14.7. The molecule has 0 N–H and O–H groups in total. The van der Waals surface area contributed by atoms with Gasteiger partial charge in [0, 0.05) is 17.0 Å². The summed E-state index contributed by atoms with van der Waals surface area (Å²) >= 11 is 0. The third kappa shape index (κ3) is 1.60. The summed E-state index contributed by atoms with van der Waals surface area (Å²) in [5.74, 6) is 0.732. The summed E-state index contributed by atoms with van der Waals surface area (Å²) in [4.78, 5) is 12.6. The fraction of sp³-hybridized carbons (Fsp3) is 0.167. The molecule has 0 amide bonds. The predicted molar refractivity (Wildman–Crippen MR) is 77.1 cm³/mol. The topological polar surface area (TPSA) is 26.3 Å². The molecule has 1 atom stereocenters. The molecule has 0 fully saturated rings. The lowest BCUT2D eigenvalue weighted by molar-refractivity contribution is 0.103. The Balaban J connectivity index is 2.04. The van der Waals surface area contributed by atoms with Crippen LogP contribution in [0.5, 0.6) is 5.75 Å². The highest BCUT2D eigenvalue weighted by Gasteiger charge is 2.41. The number of halogens is 1. The molecule has 3 heteroatoms. The summed E-state index contributed by atoms with van der Waals surface area (Å²) in [6.07, 6.45) is 0. The van der Waals surface area contributed by atoms with E-state index in [0.717, 1.165) is 22.4 Å². The number of hydrogen-bond acceptors (Lipinski definition) is 2. The van der Waals surface area contributed by atoms with Crippen molar-refractivity contribution in [3.8, 4) is 5.75 Å². The number of carbonyl (C=O) groups is 1. The van der Waals surface area contributed by atoms with E-state index in [0.29, 0.717) is 16.9 Å². The summed E-state index contributed by atoms with van der Waals surface area (Å²) < 4.78 is 19.3. The van der Waals surface area contributed by atoms with Gasteiger partial charge in [0.25, 0.3) is 0 Å². The van der Waals surface area contributed by atoms with Gasteiger partial charge >= 0.3 is 0 Å². The highest BCUT2D eigenvalue weighted by molar-refractivity contribution is 6.15. The van der Waals surface area contributed by atoms with E-state index >= 15 is 0 Å². The van der Waals surface area contributed by atoms with E-state index in [1.54, 1.807) is 13.0 Å². The molecule has 0 spiro atoms. The van der Waals surface area contributed by atoms with Crippen molar-refractivity contribution in [3.05, 3.63) is 75.8 Å². The maximum atomic E-state index is 13.5. The van der Waals surface area contributed by atoms with Crippen LogP contribution in [0.2, 0.25) is 0 Å². The number of allylic oxidation sites excluding steroid dienone is 2. The number of aryl methyl sites for hydroxylation is 1. The Kier molecular flexibility index (Phi) is 2.37. The SMILES string of the molecule is CC1=C2C(=O)c3cc(F)ccc3C2c2cc(C)ccc2O1. The quantitative estimate of drug-likeness (QED) is 0.725. The van der Waals surface area contributed by atoms with E-state index < -0.39 is 0 Å². The minimum absolute atomic E-state index is 0.126. The average molecular weight is 280 g/mol. The number of hydrogen-bond donors (Lipinski definition) is 0. The Morgan fingerprint density at radius 3 is 2.67 bits per heavy atom. The highest BCUT2D eigenvalue weighted by atomic mass is 19.1. The molecule has 1 aliphatic carbocycles. The molecule has 0 radical (unpaired) electrons. The Morgan fingerprint density at radius 1 is 1.05 bits per heavy atom. The zero-order valence-electron chi connectivity index (χ0n) is 11.7. The average Bonchev–Trinajstić information content (AvgIpc) is 2.74. The largest absolute Gasteiger partial charge is 0.461 e. The minimum atomic E-state index is -0.385. The lowest BCUT2D eigenvalue weighted by Crippen LogP contribution is -2.14. The Labute approximate surface area is 121 Å². The zero-order valence-corrected chi connectivity index (χ0v) is 11.7. The first kappa shape index (κ1) is 12.3. The molecular weight excluding hydrogens is 267 g/mol. The van der Waals surface area contributed by atoms with Crippen LogP contribution in [0.15, 0.2) is 47.7 Å². The molecular formula is C18H13FO2. The first-order valence-electron chi connectivity index (χ1n) is 6.89. The molecule has 21 heavy (non-hydrogen) atoms. The van der Waals surface area contributed by atoms with E-state index in [2.05, 4.69) is 0 Å². The van der Waals surface area contributed by atoms with Crippen molar-refractivity contribution < 1.29 is 13.9 Å². The van der Waals surface area contributed by atoms with Gasteiger partial charge in [-0.2, -0.15) is 0 Å². The molecule has 2 aromatic rings. The van der Waals surface area contributed by atoms with Crippen LogP contribution in [0.1, 0.15) is 39.9 Å². The summed E-state index contributed by atoms with van der Waals surface area (Å²) in [6.45, 7) is 3.80. The number of ketones is 1. The van der Waals surface area contributed by atoms with Gasteiger partial charge in [0.15, 0.2) is 5.78 Å². The third-order valence-corrected chi connectivity index (χ3v) is 4.22. The van der Waals surface area contributed by atoms with Gasteiger partial charge in [-0.05, 0) is 37.6 Å². The van der Waals surface area contributed by atoms with Crippen molar-refractivity contribution in [1.82, 2.24) is 0 Å². The normalized spacial score (nSPS) is 19.0. The van der Waals surface area contributed by atoms with Gasteiger partial charge in [0.05, 0.1) is 5.57 Å². The van der Waals surface area contributed by atoms with E-state index in [1.165, 1.54) is 12.1 Å². The maximum Gasteiger partial charge on any atom is 0.193 e. The molecule has 0 bridgehead atoms. The monoisotopic (exact) mass is 280 g/mol. The number of benzene rings is 2. The third-order valence-electron chi connectivity index (χ3n) is 4.22. The first-order chi connectivity index (χ1) is 10.1. The Bertz CT molecular complexity index is 833. The molecule has 104 valence electrons. The van der Waals surface area contributed by atoms with Gasteiger partial charge in [-0.15, -0.1) is 0 Å². The van der Waals surface area contributed by atoms with Crippen molar-refractivity contribution in [2.45, 2.75) is 19.8 Å². The summed E-state index contributed by atoms with van der Waals surface area (Å²) in [6, 6.07) is 10.4. The van der Waals surface area contributed by atoms with Crippen molar-refractivity contribution in [2.24, 2.45) is 0 Å². The second-order valence-corrected chi connectivity index (χ2v) is 5.61. The summed E-state index contributed by atoms with van der Waals surface area (Å²) in [7, 11) is 0.